The summed E-state index contributed by atoms with van der Waals surface area (Å²) >= 11 is 0. The third kappa shape index (κ3) is 5.87. The Morgan fingerprint density at radius 3 is 2.42 bits per heavy atom. The zero-order valence-electron chi connectivity index (χ0n) is 16.5. The third-order valence-corrected chi connectivity index (χ3v) is 5.06. The molecule has 0 aliphatic carbocycles. The van der Waals surface area contributed by atoms with Crippen LogP contribution < -0.4 is 10.2 Å². The van der Waals surface area contributed by atoms with Crippen molar-refractivity contribution < 1.29 is 4.39 Å². The highest BCUT2D eigenvalue weighted by atomic mass is 19.1. The van der Waals surface area contributed by atoms with Crippen molar-refractivity contribution in [2.24, 2.45) is 4.99 Å². The lowest BCUT2D eigenvalue weighted by atomic mass is 10.2. The summed E-state index contributed by atoms with van der Waals surface area (Å²) in [6.07, 6.45) is 2.34. The Bertz CT molecular complexity index is 551. The molecule has 6 heteroatoms. The van der Waals surface area contributed by atoms with Gasteiger partial charge in [0.2, 0.25) is 0 Å². The highest BCUT2D eigenvalue weighted by Crippen LogP contribution is 2.20. The van der Waals surface area contributed by atoms with E-state index < -0.39 is 0 Å². The minimum atomic E-state index is -0.142. The number of piperazine rings is 1. The largest absolute Gasteiger partial charge is 0.366 e. The number of para-hydroxylation sites is 1. The molecule has 1 aliphatic rings. The number of nitrogens with zero attached hydrogens (tertiary/aromatic N) is 4. The molecule has 5 nitrogen and oxygen atoms in total. The molecule has 0 unspecified atom stereocenters. The van der Waals surface area contributed by atoms with E-state index >= 15 is 0 Å². The van der Waals surface area contributed by atoms with Crippen molar-refractivity contribution in [1.82, 2.24) is 15.1 Å². The predicted octanol–water partition coefficient (Wildman–Crippen LogP) is 2.65. The minimum Gasteiger partial charge on any atom is -0.366 e. The summed E-state index contributed by atoms with van der Waals surface area (Å²) in [6.45, 7) is 12.1. The molecule has 0 amide bonds. The van der Waals surface area contributed by atoms with E-state index in [1.807, 2.05) is 19.2 Å². The van der Waals surface area contributed by atoms with Gasteiger partial charge >= 0.3 is 0 Å². The van der Waals surface area contributed by atoms with E-state index in [2.05, 4.69) is 38.9 Å². The smallest absolute Gasteiger partial charge is 0.193 e. The highest BCUT2D eigenvalue weighted by molar-refractivity contribution is 5.80. The van der Waals surface area contributed by atoms with E-state index in [0.29, 0.717) is 5.69 Å². The van der Waals surface area contributed by atoms with E-state index in [9.17, 15) is 4.39 Å². The van der Waals surface area contributed by atoms with E-state index in [4.69, 9.17) is 0 Å². The van der Waals surface area contributed by atoms with Crippen LogP contribution in [0.15, 0.2) is 29.3 Å². The van der Waals surface area contributed by atoms with Crippen LogP contribution in [-0.4, -0.2) is 75.2 Å². The second-order valence-corrected chi connectivity index (χ2v) is 6.63. The molecule has 0 aromatic heterocycles. The van der Waals surface area contributed by atoms with Gasteiger partial charge in [0.05, 0.1) is 5.69 Å². The minimum absolute atomic E-state index is 0.142. The molecule has 0 atom stereocenters. The van der Waals surface area contributed by atoms with Crippen molar-refractivity contribution in [2.45, 2.75) is 26.7 Å². The molecule has 1 saturated heterocycles. The van der Waals surface area contributed by atoms with Gasteiger partial charge in [-0.1, -0.05) is 26.0 Å². The van der Waals surface area contributed by atoms with Crippen molar-refractivity contribution in [1.29, 1.82) is 0 Å². The summed E-state index contributed by atoms with van der Waals surface area (Å²) in [4.78, 5) is 11.3. The van der Waals surface area contributed by atoms with E-state index in [1.165, 1.54) is 12.5 Å². The normalized spacial score (nSPS) is 15.7. The standard InChI is InChI=1S/C20H34FN5/c1-4-24(5-2)13-9-8-12-23-20(22-3)26-16-14-25(15-17-26)19-11-7-6-10-18(19)21/h6-7,10-11H,4-5,8-9,12-17H2,1-3H3,(H,22,23). The highest BCUT2D eigenvalue weighted by Gasteiger charge is 2.21. The van der Waals surface area contributed by atoms with Crippen LogP contribution in [0.25, 0.3) is 0 Å². The third-order valence-electron chi connectivity index (χ3n) is 5.06. The van der Waals surface area contributed by atoms with Gasteiger partial charge in [-0.15, -0.1) is 0 Å². The first kappa shape index (κ1) is 20.5. The Hall–Kier alpha value is -1.82. The van der Waals surface area contributed by atoms with Crippen LogP contribution in [-0.2, 0) is 0 Å². The number of hydrogen-bond acceptors (Lipinski definition) is 3. The second kappa shape index (κ2) is 11.0. The SMILES string of the molecule is CCN(CC)CCCCNC(=NC)N1CCN(c2ccccc2F)CC1. The van der Waals surface area contributed by atoms with Gasteiger partial charge in [0.1, 0.15) is 5.82 Å². The van der Waals surface area contributed by atoms with Gasteiger partial charge in [0, 0.05) is 39.8 Å². The maximum atomic E-state index is 13.9. The second-order valence-electron chi connectivity index (χ2n) is 6.63. The van der Waals surface area contributed by atoms with Gasteiger partial charge in [0.25, 0.3) is 0 Å². The van der Waals surface area contributed by atoms with Crippen LogP contribution in [0.5, 0.6) is 0 Å². The van der Waals surface area contributed by atoms with E-state index in [0.717, 1.165) is 64.7 Å². The number of guanidine groups is 1. The molecule has 1 aromatic carbocycles. The summed E-state index contributed by atoms with van der Waals surface area (Å²) < 4.78 is 13.9. The summed E-state index contributed by atoms with van der Waals surface area (Å²) in [7, 11) is 1.83. The summed E-state index contributed by atoms with van der Waals surface area (Å²) in [6, 6.07) is 7.01. The molecule has 1 aromatic rings. The average Bonchev–Trinajstić information content (AvgIpc) is 2.68. The first-order chi connectivity index (χ1) is 12.7. The lowest BCUT2D eigenvalue weighted by molar-refractivity contribution is 0.296. The van der Waals surface area contributed by atoms with Crippen molar-refractivity contribution in [2.75, 3.05) is 64.3 Å². The Balaban J connectivity index is 1.72. The topological polar surface area (TPSA) is 34.1 Å². The zero-order chi connectivity index (χ0) is 18.8. The number of aliphatic imine (C=N–C) groups is 1. The molecule has 2 rings (SSSR count). The van der Waals surface area contributed by atoms with Gasteiger partial charge in [-0.05, 0) is 44.6 Å². The molecule has 26 heavy (non-hydrogen) atoms. The fraction of sp³-hybridized carbons (Fsp3) is 0.650. The number of anilines is 1. The fourth-order valence-corrected chi connectivity index (χ4v) is 3.40. The maximum Gasteiger partial charge on any atom is 0.193 e. The number of benzene rings is 1. The molecule has 1 fully saturated rings. The van der Waals surface area contributed by atoms with Crippen molar-refractivity contribution in [3.63, 3.8) is 0 Å². The van der Waals surface area contributed by atoms with Gasteiger partial charge in [-0.2, -0.15) is 0 Å². The summed E-state index contributed by atoms with van der Waals surface area (Å²) in [5, 5.41) is 3.48. The quantitative estimate of drug-likeness (QED) is 0.437. The monoisotopic (exact) mass is 363 g/mol. The lowest BCUT2D eigenvalue weighted by Gasteiger charge is -2.37. The maximum absolute atomic E-state index is 13.9. The lowest BCUT2D eigenvalue weighted by Crippen LogP contribution is -2.52. The average molecular weight is 364 g/mol. The number of unbranched alkanes of at least 4 members (excludes halogenated alkanes) is 1. The molecule has 1 aliphatic heterocycles. The molecule has 0 saturated carbocycles. The van der Waals surface area contributed by atoms with Gasteiger partial charge in [-0.25, -0.2) is 4.39 Å². The molecule has 146 valence electrons. The van der Waals surface area contributed by atoms with Crippen LogP contribution in [0.2, 0.25) is 0 Å². The van der Waals surface area contributed by atoms with Crippen LogP contribution in [0, 0.1) is 5.82 Å². The molecule has 1 N–H and O–H groups in total. The fourth-order valence-electron chi connectivity index (χ4n) is 3.40. The number of nitrogens with one attached hydrogen (secondary N) is 1. The predicted molar refractivity (Wildman–Crippen MR) is 109 cm³/mol. The van der Waals surface area contributed by atoms with E-state index in [1.54, 1.807) is 6.07 Å². The van der Waals surface area contributed by atoms with Crippen LogP contribution in [0.1, 0.15) is 26.7 Å². The van der Waals surface area contributed by atoms with Crippen molar-refractivity contribution >= 4 is 11.6 Å². The molecule has 0 radical (unpaired) electrons. The molecule has 1 heterocycles. The number of rotatable bonds is 8. The van der Waals surface area contributed by atoms with Gasteiger partial charge in [-0.3, -0.25) is 4.99 Å². The Morgan fingerprint density at radius 2 is 1.81 bits per heavy atom. The van der Waals surface area contributed by atoms with Gasteiger partial charge < -0.3 is 20.0 Å². The van der Waals surface area contributed by atoms with Crippen molar-refractivity contribution in [3.05, 3.63) is 30.1 Å². The first-order valence-corrected chi connectivity index (χ1v) is 9.87. The van der Waals surface area contributed by atoms with Gasteiger partial charge in [0.15, 0.2) is 5.96 Å². The zero-order valence-corrected chi connectivity index (χ0v) is 16.5. The van der Waals surface area contributed by atoms with Crippen LogP contribution in [0.4, 0.5) is 10.1 Å². The molecule has 0 bridgehead atoms. The molecule has 0 spiro atoms. The van der Waals surface area contributed by atoms with Crippen LogP contribution in [0.3, 0.4) is 0 Å². The van der Waals surface area contributed by atoms with Crippen LogP contribution >= 0.6 is 0 Å². The Morgan fingerprint density at radius 1 is 1.12 bits per heavy atom. The summed E-state index contributed by atoms with van der Waals surface area (Å²) in [5.41, 5.74) is 0.700. The van der Waals surface area contributed by atoms with E-state index in [-0.39, 0.29) is 5.82 Å². The number of hydrogen-bond donors (Lipinski definition) is 1. The number of halogens is 1. The molecular weight excluding hydrogens is 329 g/mol. The first-order valence-electron chi connectivity index (χ1n) is 9.87. The van der Waals surface area contributed by atoms with Crippen molar-refractivity contribution in [3.8, 4) is 0 Å². The summed E-state index contributed by atoms with van der Waals surface area (Å²) in [5.74, 6) is 0.817. The molecular formula is C20H34FN5. The Kier molecular flexibility index (Phi) is 8.68. The Labute approximate surface area is 157 Å².